The molecule has 4 heteroatoms. The zero-order chi connectivity index (χ0) is 24.6. The van der Waals surface area contributed by atoms with Gasteiger partial charge in [0.2, 0.25) is 0 Å². The summed E-state index contributed by atoms with van der Waals surface area (Å²) in [6.45, 7) is 9.78. The van der Waals surface area contributed by atoms with E-state index < -0.39 is 0 Å². The van der Waals surface area contributed by atoms with Crippen LogP contribution in [-0.4, -0.2) is 20.5 Å². The van der Waals surface area contributed by atoms with Gasteiger partial charge in [0.05, 0.1) is 17.8 Å². The van der Waals surface area contributed by atoms with Crippen LogP contribution in [0.3, 0.4) is 0 Å². The molecule has 0 amide bonds. The van der Waals surface area contributed by atoms with E-state index in [0.717, 1.165) is 16.8 Å². The Morgan fingerprint density at radius 1 is 0.829 bits per heavy atom. The number of nitrogens with one attached hydrogen (secondary N) is 1. The zero-order valence-electron chi connectivity index (χ0n) is 21.1. The number of fused-ring (bicyclic) bond motifs is 1. The van der Waals surface area contributed by atoms with E-state index in [-0.39, 0.29) is 5.41 Å². The van der Waals surface area contributed by atoms with Gasteiger partial charge in [0.1, 0.15) is 10.5 Å². The number of benzene rings is 3. The summed E-state index contributed by atoms with van der Waals surface area (Å²) in [5.41, 5.74) is 12.1. The van der Waals surface area contributed by atoms with Crippen molar-refractivity contribution in [2.45, 2.75) is 39.7 Å². The molecule has 3 nitrogen and oxygen atoms in total. The van der Waals surface area contributed by atoms with Gasteiger partial charge in [-0.3, -0.25) is 4.98 Å². The first-order valence-electron chi connectivity index (χ1n) is 12.1. The molecule has 0 aliphatic rings. The van der Waals surface area contributed by atoms with Crippen LogP contribution < -0.4 is 0 Å². The SMILES string of the molecule is Cc1c(-c2cccnc2)[nH]c2c(-c3ccccc3)c(-c3ccccc3)c(C(C)(C)C)c(CO[SiH3])c12. The van der Waals surface area contributed by atoms with Crippen LogP contribution in [0.25, 0.3) is 44.4 Å². The highest BCUT2D eigenvalue weighted by atomic mass is 28.2. The molecule has 0 aliphatic heterocycles. The summed E-state index contributed by atoms with van der Waals surface area (Å²) >= 11 is 0. The molecule has 0 bridgehead atoms. The summed E-state index contributed by atoms with van der Waals surface area (Å²) in [6.07, 6.45) is 3.76. The third kappa shape index (κ3) is 4.13. The molecular formula is C31H32N2OSi. The summed E-state index contributed by atoms with van der Waals surface area (Å²) in [6, 6.07) is 25.7. The number of aromatic amines is 1. The third-order valence-corrected chi connectivity index (χ3v) is 7.01. The highest BCUT2D eigenvalue weighted by Gasteiger charge is 2.30. The van der Waals surface area contributed by atoms with Crippen molar-refractivity contribution in [3.8, 4) is 33.5 Å². The fourth-order valence-electron chi connectivity index (χ4n) is 5.39. The lowest BCUT2D eigenvalue weighted by Gasteiger charge is -2.30. The molecule has 2 heterocycles. The molecule has 0 saturated carbocycles. The molecule has 0 saturated heterocycles. The molecule has 0 radical (unpaired) electrons. The normalized spacial score (nSPS) is 11.9. The Morgan fingerprint density at radius 3 is 1.97 bits per heavy atom. The lowest BCUT2D eigenvalue weighted by atomic mass is 9.74. The summed E-state index contributed by atoms with van der Waals surface area (Å²) in [7, 11) is 0.687. The van der Waals surface area contributed by atoms with E-state index in [0.29, 0.717) is 17.1 Å². The Morgan fingerprint density at radius 2 is 1.43 bits per heavy atom. The van der Waals surface area contributed by atoms with Gasteiger partial charge in [-0.25, -0.2) is 0 Å². The highest BCUT2D eigenvalue weighted by molar-refractivity contribution is 6.09. The van der Waals surface area contributed by atoms with Gasteiger partial charge in [-0.05, 0) is 57.9 Å². The molecule has 0 unspecified atom stereocenters. The standard InChI is InChI=1S/C31H32N2OSi/c1-20-25-24(19-34-35)28(31(2,3)4)26(21-12-7-5-8-13-21)27(22-14-9-6-10-15-22)30(25)33-29(20)23-16-11-17-32-18-23/h5-18,33H,19H2,1-4,35H3. The summed E-state index contributed by atoms with van der Waals surface area (Å²) in [5, 5.41) is 1.27. The van der Waals surface area contributed by atoms with Crippen LogP contribution >= 0.6 is 0 Å². The molecular weight excluding hydrogens is 444 g/mol. The van der Waals surface area contributed by atoms with Gasteiger partial charge in [-0.1, -0.05) is 81.4 Å². The van der Waals surface area contributed by atoms with Gasteiger partial charge < -0.3 is 9.41 Å². The molecule has 0 spiro atoms. The second kappa shape index (κ2) is 9.29. The van der Waals surface area contributed by atoms with Gasteiger partial charge in [-0.2, -0.15) is 0 Å². The van der Waals surface area contributed by atoms with Gasteiger partial charge in [0.25, 0.3) is 0 Å². The van der Waals surface area contributed by atoms with E-state index in [1.165, 1.54) is 44.3 Å². The van der Waals surface area contributed by atoms with E-state index in [1.807, 2.05) is 18.5 Å². The maximum atomic E-state index is 5.99. The predicted octanol–water partition coefficient (Wildman–Crippen LogP) is 6.97. The first-order valence-corrected chi connectivity index (χ1v) is 12.9. The first-order chi connectivity index (χ1) is 16.9. The molecule has 5 aromatic rings. The molecule has 0 aliphatic carbocycles. The maximum absolute atomic E-state index is 5.99. The second-order valence-electron chi connectivity index (χ2n) is 10.1. The van der Waals surface area contributed by atoms with E-state index in [2.05, 4.69) is 104 Å². The topological polar surface area (TPSA) is 37.9 Å². The number of hydrogen-bond acceptors (Lipinski definition) is 2. The van der Waals surface area contributed by atoms with Crippen molar-refractivity contribution in [2.24, 2.45) is 0 Å². The van der Waals surface area contributed by atoms with E-state index in [1.54, 1.807) is 0 Å². The Balaban J connectivity index is 2.04. The molecule has 35 heavy (non-hydrogen) atoms. The van der Waals surface area contributed by atoms with Gasteiger partial charge >= 0.3 is 0 Å². The Labute approximate surface area is 210 Å². The minimum absolute atomic E-state index is 0.0868. The van der Waals surface area contributed by atoms with Gasteiger partial charge in [0.15, 0.2) is 0 Å². The minimum Gasteiger partial charge on any atom is -0.424 e. The van der Waals surface area contributed by atoms with Crippen molar-refractivity contribution in [3.63, 3.8) is 0 Å². The Hall–Kier alpha value is -3.47. The number of H-pyrrole nitrogens is 1. The number of nitrogens with zero attached hydrogens (tertiary/aromatic N) is 1. The van der Waals surface area contributed by atoms with Gasteiger partial charge in [-0.15, -0.1) is 0 Å². The quantitative estimate of drug-likeness (QED) is 0.278. The smallest absolute Gasteiger partial charge is 0.146 e. The second-order valence-corrected chi connectivity index (χ2v) is 10.7. The fourth-order valence-corrected chi connectivity index (χ4v) is 5.68. The van der Waals surface area contributed by atoms with Crippen LogP contribution in [0.5, 0.6) is 0 Å². The molecule has 176 valence electrons. The van der Waals surface area contributed by atoms with Crippen LogP contribution in [0.4, 0.5) is 0 Å². The number of rotatable bonds is 5. The van der Waals surface area contributed by atoms with Crippen molar-refractivity contribution in [3.05, 3.63) is 102 Å². The Kier molecular flexibility index (Phi) is 6.18. The van der Waals surface area contributed by atoms with Crippen molar-refractivity contribution in [2.75, 3.05) is 0 Å². The van der Waals surface area contributed by atoms with Crippen molar-refractivity contribution in [1.82, 2.24) is 9.97 Å². The molecule has 0 atom stereocenters. The monoisotopic (exact) mass is 476 g/mol. The average Bonchev–Trinajstić information content (AvgIpc) is 3.21. The summed E-state index contributed by atoms with van der Waals surface area (Å²) in [4.78, 5) is 8.25. The number of pyridine rings is 1. The van der Waals surface area contributed by atoms with Crippen LogP contribution in [-0.2, 0) is 16.4 Å². The molecule has 2 aromatic heterocycles. The third-order valence-electron chi connectivity index (χ3n) is 6.72. The summed E-state index contributed by atoms with van der Waals surface area (Å²) in [5.74, 6) is 0. The lowest BCUT2D eigenvalue weighted by Crippen LogP contribution is -2.18. The van der Waals surface area contributed by atoms with Gasteiger partial charge in [0, 0.05) is 28.9 Å². The molecule has 3 aromatic carbocycles. The van der Waals surface area contributed by atoms with E-state index in [9.17, 15) is 0 Å². The van der Waals surface area contributed by atoms with Crippen LogP contribution in [0.1, 0.15) is 37.5 Å². The number of aryl methyl sites for hydroxylation is 1. The largest absolute Gasteiger partial charge is 0.424 e. The Bertz CT molecular complexity index is 1470. The van der Waals surface area contributed by atoms with E-state index in [4.69, 9.17) is 4.43 Å². The van der Waals surface area contributed by atoms with E-state index >= 15 is 0 Å². The van der Waals surface area contributed by atoms with Crippen molar-refractivity contribution >= 4 is 21.4 Å². The molecule has 5 rings (SSSR count). The average molecular weight is 477 g/mol. The zero-order valence-corrected chi connectivity index (χ0v) is 23.1. The van der Waals surface area contributed by atoms with Crippen molar-refractivity contribution in [1.29, 1.82) is 0 Å². The first kappa shape index (κ1) is 23.3. The van der Waals surface area contributed by atoms with Crippen LogP contribution in [0, 0.1) is 6.92 Å². The van der Waals surface area contributed by atoms with Crippen molar-refractivity contribution < 1.29 is 4.43 Å². The molecule has 0 fully saturated rings. The highest BCUT2D eigenvalue weighted by Crippen LogP contribution is 2.49. The number of aromatic nitrogens is 2. The fraction of sp³-hybridized carbons (Fsp3) is 0.194. The summed E-state index contributed by atoms with van der Waals surface area (Å²) < 4.78 is 5.99. The lowest BCUT2D eigenvalue weighted by molar-refractivity contribution is 0.336. The maximum Gasteiger partial charge on any atom is 0.146 e. The number of hydrogen-bond donors (Lipinski definition) is 1. The predicted molar refractivity (Wildman–Crippen MR) is 151 cm³/mol. The minimum atomic E-state index is -0.0868. The van der Waals surface area contributed by atoms with Crippen LogP contribution in [0.15, 0.2) is 85.2 Å². The molecule has 1 N–H and O–H groups in total. The van der Waals surface area contributed by atoms with Crippen LogP contribution in [0.2, 0.25) is 0 Å².